The lowest BCUT2D eigenvalue weighted by molar-refractivity contribution is 0.457. The number of nitrogens with zero attached hydrogens (tertiary/aromatic N) is 3. The Morgan fingerprint density at radius 3 is 2.84 bits per heavy atom. The molecule has 1 atom stereocenters. The molecular formula is C15H26N4. The second kappa shape index (κ2) is 5.53. The molecule has 1 saturated heterocycles. The number of rotatable bonds is 3. The van der Waals surface area contributed by atoms with Gasteiger partial charge in [0, 0.05) is 37.9 Å². The molecule has 19 heavy (non-hydrogen) atoms. The highest BCUT2D eigenvalue weighted by Crippen LogP contribution is 2.33. The monoisotopic (exact) mass is 262 g/mol. The summed E-state index contributed by atoms with van der Waals surface area (Å²) in [5.74, 6) is 1.22. The van der Waals surface area contributed by atoms with Gasteiger partial charge < -0.3 is 14.8 Å². The molecule has 0 bridgehead atoms. The van der Waals surface area contributed by atoms with Crippen LogP contribution in [0.5, 0.6) is 0 Å². The smallest absolute Gasteiger partial charge is 0.206 e. The molecule has 2 heterocycles. The average Bonchev–Trinajstić information content (AvgIpc) is 3.07. The Kier molecular flexibility index (Phi) is 3.78. The minimum atomic E-state index is 0.563. The van der Waals surface area contributed by atoms with E-state index in [-0.39, 0.29) is 0 Å². The Bertz CT molecular complexity index is 420. The first-order valence-corrected chi connectivity index (χ1v) is 7.84. The van der Waals surface area contributed by atoms with Gasteiger partial charge in [-0.1, -0.05) is 19.8 Å². The van der Waals surface area contributed by atoms with Gasteiger partial charge in [0.15, 0.2) is 0 Å². The van der Waals surface area contributed by atoms with Crippen LogP contribution in [0, 0.1) is 0 Å². The maximum atomic E-state index is 4.89. The lowest BCUT2D eigenvalue weighted by Gasteiger charge is -2.33. The SMILES string of the molecule is CCc1cn(C2CCCC2)c(N2CCNC(C)C2)n1. The van der Waals surface area contributed by atoms with E-state index in [0.717, 1.165) is 26.1 Å². The van der Waals surface area contributed by atoms with Gasteiger partial charge in [0.1, 0.15) is 0 Å². The third-order valence-corrected chi connectivity index (χ3v) is 4.49. The Balaban J connectivity index is 1.87. The van der Waals surface area contributed by atoms with Gasteiger partial charge in [-0.05, 0) is 26.2 Å². The Morgan fingerprint density at radius 2 is 2.16 bits per heavy atom. The Hall–Kier alpha value is -1.03. The van der Waals surface area contributed by atoms with Crippen LogP contribution < -0.4 is 10.2 Å². The molecule has 0 aromatic carbocycles. The van der Waals surface area contributed by atoms with E-state index in [9.17, 15) is 0 Å². The predicted molar refractivity (Wildman–Crippen MR) is 78.8 cm³/mol. The van der Waals surface area contributed by atoms with Crippen molar-refractivity contribution in [3.8, 4) is 0 Å². The zero-order chi connectivity index (χ0) is 13.2. The van der Waals surface area contributed by atoms with E-state index in [0.29, 0.717) is 12.1 Å². The van der Waals surface area contributed by atoms with Gasteiger partial charge in [-0.15, -0.1) is 0 Å². The van der Waals surface area contributed by atoms with E-state index < -0.39 is 0 Å². The summed E-state index contributed by atoms with van der Waals surface area (Å²) in [6, 6.07) is 1.25. The van der Waals surface area contributed by atoms with E-state index in [4.69, 9.17) is 4.98 Å². The molecule has 0 amide bonds. The number of anilines is 1. The third-order valence-electron chi connectivity index (χ3n) is 4.49. The number of hydrogen-bond acceptors (Lipinski definition) is 3. The van der Waals surface area contributed by atoms with Crippen molar-refractivity contribution in [2.75, 3.05) is 24.5 Å². The Labute approximate surface area is 116 Å². The average molecular weight is 262 g/mol. The number of imidazole rings is 1. The summed E-state index contributed by atoms with van der Waals surface area (Å²) in [5, 5.41) is 3.51. The number of hydrogen-bond donors (Lipinski definition) is 1. The van der Waals surface area contributed by atoms with Gasteiger partial charge in [0.2, 0.25) is 5.95 Å². The van der Waals surface area contributed by atoms with E-state index in [1.54, 1.807) is 0 Å². The van der Waals surface area contributed by atoms with Gasteiger partial charge in [0.05, 0.1) is 5.69 Å². The molecule has 1 saturated carbocycles. The molecule has 1 aromatic heterocycles. The lowest BCUT2D eigenvalue weighted by Crippen LogP contribution is -2.50. The molecule has 3 rings (SSSR count). The van der Waals surface area contributed by atoms with Crippen LogP contribution in [0.4, 0.5) is 5.95 Å². The first-order chi connectivity index (χ1) is 9.28. The van der Waals surface area contributed by atoms with E-state index in [2.05, 4.69) is 34.8 Å². The highest BCUT2D eigenvalue weighted by Gasteiger charge is 2.25. The fraction of sp³-hybridized carbons (Fsp3) is 0.800. The summed E-state index contributed by atoms with van der Waals surface area (Å²) in [7, 11) is 0. The van der Waals surface area contributed by atoms with E-state index >= 15 is 0 Å². The fourth-order valence-electron chi connectivity index (χ4n) is 3.40. The summed E-state index contributed by atoms with van der Waals surface area (Å²) in [6.07, 6.45) is 8.75. The van der Waals surface area contributed by atoms with Gasteiger partial charge in [-0.3, -0.25) is 0 Å². The summed E-state index contributed by atoms with van der Waals surface area (Å²) in [4.78, 5) is 7.36. The molecule has 1 N–H and O–H groups in total. The van der Waals surface area contributed by atoms with Crippen LogP contribution in [0.1, 0.15) is 51.3 Å². The highest BCUT2D eigenvalue weighted by molar-refractivity contribution is 5.36. The number of aromatic nitrogens is 2. The largest absolute Gasteiger partial charge is 0.339 e. The number of nitrogens with one attached hydrogen (secondary N) is 1. The van der Waals surface area contributed by atoms with Crippen molar-refractivity contribution in [3.05, 3.63) is 11.9 Å². The zero-order valence-electron chi connectivity index (χ0n) is 12.2. The molecule has 1 unspecified atom stereocenters. The second-order valence-electron chi connectivity index (χ2n) is 6.03. The van der Waals surface area contributed by atoms with Gasteiger partial charge in [-0.2, -0.15) is 0 Å². The molecule has 1 aliphatic heterocycles. The minimum absolute atomic E-state index is 0.563. The maximum Gasteiger partial charge on any atom is 0.206 e. The number of aryl methyl sites for hydroxylation is 1. The lowest BCUT2D eigenvalue weighted by atomic mass is 10.2. The second-order valence-corrected chi connectivity index (χ2v) is 6.03. The van der Waals surface area contributed by atoms with Crippen molar-refractivity contribution in [2.24, 2.45) is 0 Å². The van der Waals surface area contributed by atoms with Crippen LogP contribution in [0.2, 0.25) is 0 Å². The molecule has 2 aliphatic rings. The van der Waals surface area contributed by atoms with Gasteiger partial charge >= 0.3 is 0 Å². The topological polar surface area (TPSA) is 33.1 Å². The first kappa shape index (κ1) is 13.0. The molecule has 1 aromatic rings. The molecule has 1 aliphatic carbocycles. The van der Waals surface area contributed by atoms with Gasteiger partial charge in [0.25, 0.3) is 0 Å². The standard InChI is InChI=1S/C15H26N4/c1-3-13-11-19(14-6-4-5-7-14)15(17-13)18-9-8-16-12(2)10-18/h11-12,14,16H,3-10H2,1-2H3. The summed E-state index contributed by atoms with van der Waals surface area (Å²) < 4.78 is 2.48. The van der Waals surface area contributed by atoms with Crippen molar-refractivity contribution in [1.29, 1.82) is 0 Å². The quantitative estimate of drug-likeness (QED) is 0.908. The third kappa shape index (κ3) is 2.64. The normalized spacial score (nSPS) is 25.2. The van der Waals surface area contributed by atoms with Crippen LogP contribution in [-0.2, 0) is 6.42 Å². The van der Waals surface area contributed by atoms with Crippen LogP contribution in [0.3, 0.4) is 0 Å². The van der Waals surface area contributed by atoms with Crippen LogP contribution >= 0.6 is 0 Å². The van der Waals surface area contributed by atoms with Crippen LogP contribution in [0.15, 0.2) is 6.20 Å². The van der Waals surface area contributed by atoms with Crippen LogP contribution in [0.25, 0.3) is 0 Å². The molecule has 4 heteroatoms. The van der Waals surface area contributed by atoms with Crippen molar-refractivity contribution in [2.45, 2.75) is 58.0 Å². The number of piperazine rings is 1. The molecule has 4 nitrogen and oxygen atoms in total. The predicted octanol–water partition coefficient (Wildman–Crippen LogP) is 2.36. The van der Waals surface area contributed by atoms with Crippen molar-refractivity contribution in [3.63, 3.8) is 0 Å². The highest BCUT2D eigenvalue weighted by atomic mass is 15.3. The molecule has 106 valence electrons. The minimum Gasteiger partial charge on any atom is -0.339 e. The van der Waals surface area contributed by atoms with Crippen LogP contribution in [-0.4, -0.2) is 35.2 Å². The molecule has 0 radical (unpaired) electrons. The molecule has 0 spiro atoms. The van der Waals surface area contributed by atoms with Gasteiger partial charge in [-0.25, -0.2) is 4.98 Å². The molecular weight excluding hydrogens is 236 g/mol. The van der Waals surface area contributed by atoms with Crippen molar-refractivity contribution < 1.29 is 0 Å². The summed E-state index contributed by atoms with van der Waals surface area (Å²) >= 11 is 0. The maximum absolute atomic E-state index is 4.89. The van der Waals surface area contributed by atoms with Crippen molar-refractivity contribution >= 4 is 5.95 Å². The fourth-order valence-corrected chi connectivity index (χ4v) is 3.40. The summed E-state index contributed by atoms with van der Waals surface area (Å²) in [6.45, 7) is 7.69. The Morgan fingerprint density at radius 1 is 1.37 bits per heavy atom. The summed E-state index contributed by atoms with van der Waals surface area (Å²) in [5.41, 5.74) is 1.24. The zero-order valence-corrected chi connectivity index (χ0v) is 12.2. The van der Waals surface area contributed by atoms with Crippen molar-refractivity contribution in [1.82, 2.24) is 14.9 Å². The van der Waals surface area contributed by atoms with E-state index in [1.165, 1.54) is 37.3 Å². The van der Waals surface area contributed by atoms with E-state index in [1.807, 2.05) is 0 Å². The molecule has 2 fully saturated rings. The first-order valence-electron chi connectivity index (χ1n) is 7.84.